The van der Waals surface area contributed by atoms with Crippen molar-refractivity contribution in [2.45, 2.75) is 24.7 Å². The summed E-state index contributed by atoms with van der Waals surface area (Å²) < 4.78 is 27.0. The van der Waals surface area contributed by atoms with Gasteiger partial charge in [0.05, 0.1) is 4.90 Å². The van der Waals surface area contributed by atoms with E-state index in [1.807, 2.05) is 0 Å². The zero-order valence-electron chi connectivity index (χ0n) is 13.7. The van der Waals surface area contributed by atoms with Gasteiger partial charge in [0.25, 0.3) is 0 Å². The summed E-state index contributed by atoms with van der Waals surface area (Å²) in [6.07, 6.45) is 1.65. The van der Waals surface area contributed by atoms with Crippen LogP contribution in [0.1, 0.15) is 19.8 Å². The van der Waals surface area contributed by atoms with Crippen LogP contribution < -0.4 is 5.32 Å². The third kappa shape index (κ3) is 4.16. The number of allylic oxidation sites excluding steroid dienone is 2. The van der Waals surface area contributed by atoms with E-state index in [2.05, 4.69) is 12.2 Å². The Morgan fingerprint density at radius 1 is 1.16 bits per heavy atom. The Kier molecular flexibility index (Phi) is 5.77. The number of piperidine rings is 1. The van der Waals surface area contributed by atoms with Crippen molar-refractivity contribution in [2.24, 2.45) is 5.92 Å². The van der Waals surface area contributed by atoms with E-state index in [0.29, 0.717) is 24.7 Å². The molecule has 0 aliphatic carbocycles. The summed E-state index contributed by atoms with van der Waals surface area (Å²) in [5, 5.41) is 29.4. The molecular formula is C17H17N5O2S. The van der Waals surface area contributed by atoms with E-state index >= 15 is 0 Å². The van der Waals surface area contributed by atoms with Gasteiger partial charge in [-0.25, -0.2) is 8.42 Å². The molecule has 0 amide bonds. The van der Waals surface area contributed by atoms with Crippen LogP contribution in [0.4, 0.5) is 5.69 Å². The van der Waals surface area contributed by atoms with Gasteiger partial charge in [0, 0.05) is 18.8 Å². The maximum atomic E-state index is 12.8. The minimum atomic E-state index is -3.62. The van der Waals surface area contributed by atoms with Gasteiger partial charge in [-0.1, -0.05) is 13.0 Å². The maximum Gasteiger partial charge on any atom is 0.243 e. The van der Waals surface area contributed by atoms with Crippen LogP contribution in [0.25, 0.3) is 0 Å². The molecule has 1 aliphatic rings. The largest absolute Gasteiger partial charge is 0.345 e. The van der Waals surface area contributed by atoms with Crippen LogP contribution in [0.15, 0.2) is 40.4 Å². The van der Waals surface area contributed by atoms with Gasteiger partial charge in [0.1, 0.15) is 23.9 Å². The summed E-state index contributed by atoms with van der Waals surface area (Å²) in [6.45, 7) is 3.07. The number of benzene rings is 1. The van der Waals surface area contributed by atoms with E-state index in [9.17, 15) is 8.42 Å². The Morgan fingerprint density at radius 2 is 1.80 bits per heavy atom. The molecule has 0 atom stereocenters. The molecule has 1 heterocycles. The Bertz CT molecular complexity index is 892. The molecule has 0 radical (unpaired) electrons. The first-order chi connectivity index (χ1) is 11.9. The number of anilines is 1. The highest BCUT2D eigenvalue weighted by Gasteiger charge is 2.28. The SMILES string of the molecule is CC1CCN(S(=O)(=O)c2cccc(NC(C#N)=C(C#N)C#N)c2)CC1. The summed E-state index contributed by atoms with van der Waals surface area (Å²) in [5.74, 6) is 0.512. The molecule has 1 fully saturated rings. The van der Waals surface area contributed by atoms with Crippen molar-refractivity contribution in [3.8, 4) is 18.2 Å². The fourth-order valence-corrected chi connectivity index (χ4v) is 4.05. The molecule has 0 saturated carbocycles. The lowest BCUT2D eigenvalue weighted by atomic mass is 10.0. The van der Waals surface area contributed by atoms with E-state index in [1.54, 1.807) is 30.3 Å². The standard InChI is InChI=1S/C17H17N5O2S/c1-13-5-7-22(8-6-13)25(23,24)16-4-2-3-15(9-16)21-17(12-20)14(10-18)11-19/h2-4,9,13,21H,5-8H2,1H3. The molecule has 1 aromatic carbocycles. The molecular weight excluding hydrogens is 338 g/mol. The first kappa shape index (κ1) is 18.5. The first-order valence-electron chi connectivity index (χ1n) is 7.74. The molecule has 1 N–H and O–H groups in total. The molecule has 0 bridgehead atoms. The van der Waals surface area contributed by atoms with E-state index < -0.39 is 10.0 Å². The van der Waals surface area contributed by atoms with Crippen LogP contribution in [-0.2, 0) is 10.0 Å². The minimum absolute atomic E-state index is 0.111. The van der Waals surface area contributed by atoms with Crippen molar-refractivity contribution in [2.75, 3.05) is 18.4 Å². The van der Waals surface area contributed by atoms with Crippen molar-refractivity contribution in [3.05, 3.63) is 35.5 Å². The molecule has 2 rings (SSSR count). The molecule has 1 aromatic rings. The maximum absolute atomic E-state index is 12.8. The number of nitrogens with one attached hydrogen (secondary N) is 1. The second kappa shape index (κ2) is 7.81. The van der Waals surface area contributed by atoms with Crippen molar-refractivity contribution in [1.29, 1.82) is 15.8 Å². The normalized spacial score (nSPS) is 15.4. The summed E-state index contributed by atoms with van der Waals surface area (Å²) in [7, 11) is -3.62. The van der Waals surface area contributed by atoms with E-state index in [-0.39, 0.29) is 16.2 Å². The van der Waals surface area contributed by atoms with Gasteiger partial charge < -0.3 is 5.32 Å². The summed E-state index contributed by atoms with van der Waals surface area (Å²) in [6, 6.07) is 11.0. The van der Waals surface area contributed by atoms with Gasteiger partial charge in [0.15, 0.2) is 5.57 Å². The molecule has 7 nitrogen and oxygen atoms in total. The van der Waals surface area contributed by atoms with E-state index in [4.69, 9.17) is 15.8 Å². The van der Waals surface area contributed by atoms with Crippen LogP contribution in [0.3, 0.4) is 0 Å². The molecule has 25 heavy (non-hydrogen) atoms. The van der Waals surface area contributed by atoms with Crippen LogP contribution in [0.2, 0.25) is 0 Å². The Morgan fingerprint density at radius 3 is 2.36 bits per heavy atom. The number of hydrogen-bond acceptors (Lipinski definition) is 6. The zero-order chi connectivity index (χ0) is 18.4. The van der Waals surface area contributed by atoms with Gasteiger partial charge in [-0.2, -0.15) is 20.1 Å². The van der Waals surface area contributed by atoms with Crippen molar-refractivity contribution in [3.63, 3.8) is 0 Å². The minimum Gasteiger partial charge on any atom is -0.345 e. The second-order valence-electron chi connectivity index (χ2n) is 5.82. The molecule has 8 heteroatoms. The van der Waals surface area contributed by atoms with Crippen LogP contribution in [0, 0.1) is 39.9 Å². The Labute approximate surface area is 147 Å². The predicted molar refractivity (Wildman–Crippen MR) is 91.1 cm³/mol. The smallest absolute Gasteiger partial charge is 0.243 e. The van der Waals surface area contributed by atoms with Gasteiger partial charge in [0.2, 0.25) is 10.0 Å². The topological polar surface area (TPSA) is 121 Å². The van der Waals surface area contributed by atoms with Gasteiger partial charge >= 0.3 is 0 Å². The lowest BCUT2D eigenvalue weighted by molar-refractivity contribution is 0.288. The zero-order valence-corrected chi connectivity index (χ0v) is 14.5. The summed E-state index contributed by atoms with van der Waals surface area (Å²) in [4.78, 5) is 0.111. The lowest BCUT2D eigenvalue weighted by Gasteiger charge is -2.29. The molecule has 1 aliphatic heterocycles. The first-order valence-corrected chi connectivity index (χ1v) is 9.18. The third-order valence-corrected chi connectivity index (χ3v) is 5.96. The summed E-state index contributed by atoms with van der Waals surface area (Å²) in [5.41, 5.74) is -0.252. The second-order valence-corrected chi connectivity index (χ2v) is 7.76. The molecule has 128 valence electrons. The number of nitriles is 3. The third-order valence-electron chi connectivity index (χ3n) is 4.07. The number of nitrogens with zero attached hydrogens (tertiary/aromatic N) is 4. The number of sulfonamides is 1. The van der Waals surface area contributed by atoms with Crippen molar-refractivity contribution in [1.82, 2.24) is 4.31 Å². The quantitative estimate of drug-likeness (QED) is 0.828. The van der Waals surface area contributed by atoms with Crippen molar-refractivity contribution >= 4 is 15.7 Å². The van der Waals surface area contributed by atoms with Crippen molar-refractivity contribution < 1.29 is 8.42 Å². The Hall–Kier alpha value is -2.86. The number of hydrogen-bond donors (Lipinski definition) is 1. The molecule has 1 saturated heterocycles. The summed E-state index contributed by atoms with van der Waals surface area (Å²) >= 11 is 0. The van der Waals surface area contributed by atoms with Gasteiger partial charge in [-0.05, 0) is 37.0 Å². The van der Waals surface area contributed by atoms with Gasteiger partial charge in [-0.3, -0.25) is 0 Å². The molecule has 0 unspecified atom stereocenters. The van der Waals surface area contributed by atoms with E-state index in [0.717, 1.165) is 12.8 Å². The average Bonchev–Trinajstić information content (AvgIpc) is 2.62. The molecule has 0 aromatic heterocycles. The van der Waals surface area contributed by atoms with E-state index in [1.165, 1.54) is 16.4 Å². The highest BCUT2D eigenvalue weighted by molar-refractivity contribution is 7.89. The fourth-order valence-electron chi connectivity index (χ4n) is 2.54. The Balaban J connectivity index is 2.31. The van der Waals surface area contributed by atoms with Crippen LogP contribution >= 0.6 is 0 Å². The lowest BCUT2D eigenvalue weighted by Crippen LogP contribution is -2.37. The number of rotatable bonds is 4. The van der Waals surface area contributed by atoms with Gasteiger partial charge in [-0.15, -0.1) is 0 Å². The highest BCUT2D eigenvalue weighted by Crippen LogP contribution is 2.25. The molecule has 0 spiro atoms. The predicted octanol–water partition coefficient (Wildman–Crippen LogP) is 2.34. The van der Waals surface area contributed by atoms with Crippen LogP contribution in [-0.4, -0.2) is 25.8 Å². The monoisotopic (exact) mass is 355 g/mol. The van der Waals surface area contributed by atoms with Crippen LogP contribution in [0.5, 0.6) is 0 Å². The highest BCUT2D eigenvalue weighted by atomic mass is 32.2. The fraction of sp³-hybridized carbons (Fsp3) is 0.353. The average molecular weight is 355 g/mol.